The van der Waals surface area contributed by atoms with Crippen LogP contribution in [0.3, 0.4) is 0 Å². The Bertz CT molecular complexity index is 968. The minimum Gasteiger partial charge on any atom is -0.379 e. The molecule has 0 aliphatic rings. The lowest BCUT2D eigenvalue weighted by Gasteiger charge is -2.42. The Kier molecular flexibility index (Phi) is 6.61. The zero-order chi connectivity index (χ0) is 21.5. The Morgan fingerprint density at radius 3 is 1.26 bits per heavy atom. The molecule has 1 N–H and O–H groups in total. The molecule has 0 aliphatic carbocycles. The summed E-state index contributed by atoms with van der Waals surface area (Å²) < 4.78 is 0. The van der Waals surface area contributed by atoms with Crippen LogP contribution in [-0.2, 0) is 18.7 Å². The molecule has 31 heavy (non-hydrogen) atoms. The van der Waals surface area contributed by atoms with Crippen LogP contribution in [-0.4, -0.2) is 16.0 Å². The van der Waals surface area contributed by atoms with Crippen molar-refractivity contribution in [3.8, 4) is 0 Å². The fourth-order valence-electron chi connectivity index (χ4n) is 4.26. The van der Waals surface area contributed by atoms with Crippen molar-refractivity contribution in [2.24, 2.45) is 0 Å². The average molecular weight is 408 g/mol. The van der Waals surface area contributed by atoms with Crippen molar-refractivity contribution in [3.63, 3.8) is 0 Å². The van der Waals surface area contributed by atoms with E-state index in [9.17, 15) is 5.11 Å². The van der Waals surface area contributed by atoms with Crippen molar-refractivity contribution >= 4 is 0 Å². The van der Waals surface area contributed by atoms with E-state index in [4.69, 9.17) is 0 Å². The number of aliphatic hydroxyl groups is 1. The second kappa shape index (κ2) is 9.74. The van der Waals surface area contributed by atoms with Gasteiger partial charge in [-0.25, -0.2) is 0 Å². The van der Waals surface area contributed by atoms with Gasteiger partial charge in [0.25, 0.3) is 0 Å². The molecule has 4 aromatic carbocycles. The Hall–Kier alpha value is -3.20. The quantitative estimate of drug-likeness (QED) is 0.386. The zero-order valence-corrected chi connectivity index (χ0v) is 17.9. The molecular weight excluding hydrogens is 378 g/mol. The first-order valence-electron chi connectivity index (χ1n) is 10.8. The summed E-state index contributed by atoms with van der Waals surface area (Å²) in [6.45, 7) is 3.63. The number of hydrogen-bond acceptors (Lipinski definition) is 2. The first-order chi connectivity index (χ1) is 15.2. The summed E-state index contributed by atoms with van der Waals surface area (Å²) in [4.78, 5) is 2.37. The van der Waals surface area contributed by atoms with Gasteiger partial charge in [-0.05, 0) is 29.2 Å². The van der Waals surface area contributed by atoms with E-state index in [1.54, 1.807) is 0 Å². The molecule has 0 saturated carbocycles. The van der Waals surface area contributed by atoms with Crippen LogP contribution in [0, 0.1) is 0 Å². The zero-order valence-electron chi connectivity index (χ0n) is 17.9. The highest BCUT2D eigenvalue weighted by atomic mass is 16.3. The lowest BCUT2D eigenvalue weighted by molar-refractivity contribution is -0.0201. The van der Waals surface area contributed by atoms with Crippen molar-refractivity contribution < 1.29 is 5.11 Å². The molecule has 4 rings (SSSR count). The third kappa shape index (κ3) is 4.77. The second-order valence-electron chi connectivity index (χ2n) is 8.05. The van der Waals surface area contributed by atoms with Crippen LogP contribution in [0.15, 0.2) is 121 Å². The van der Waals surface area contributed by atoms with Crippen LogP contribution in [0.2, 0.25) is 0 Å². The summed E-state index contributed by atoms with van der Waals surface area (Å²) in [5.74, 6) is 0. The minimum absolute atomic E-state index is 0.169. The maximum Gasteiger partial charge on any atom is 0.130 e. The van der Waals surface area contributed by atoms with Gasteiger partial charge < -0.3 is 5.11 Å². The average Bonchev–Trinajstić information content (AvgIpc) is 2.85. The lowest BCUT2D eigenvalue weighted by atomic mass is 9.80. The van der Waals surface area contributed by atoms with Gasteiger partial charge in [-0.2, -0.15) is 0 Å². The maximum absolute atomic E-state index is 12.3. The van der Waals surface area contributed by atoms with Crippen LogP contribution in [0.5, 0.6) is 0 Å². The second-order valence-corrected chi connectivity index (χ2v) is 8.05. The predicted molar refractivity (Wildman–Crippen MR) is 127 cm³/mol. The SMILES string of the molecule is C[C@H](N(Cc1ccccc1)Cc1ccccc1)C(O)(c1ccccc1)c1ccccc1. The van der Waals surface area contributed by atoms with Crippen LogP contribution in [0.4, 0.5) is 0 Å². The van der Waals surface area contributed by atoms with Gasteiger partial charge in [-0.3, -0.25) is 4.90 Å². The smallest absolute Gasteiger partial charge is 0.130 e. The predicted octanol–water partition coefficient (Wildman–Crippen LogP) is 6.01. The molecule has 2 nitrogen and oxygen atoms in total. The summed E-state index contributed by atoms with van der Waals surface area (Å²) in [5.41, 5.74) is 3.12. The molecule has 0 bridgehead atoms. The fraction of sp³-hybridized carbons (Fsp3) is 0.172. The Balaban J connectivity index is 1.77. The summed E-state index contributed by atoms with van der Waals surface area (Å²) in [6.07, 6.45) is 0. The van der Waals surface area contributed by atoms with Crippen molar-refractivity contribution in [3.05, 3.63) is 144 Å². The van der Waals surface area contributed by atoms with Gasteiger partial charge in [0.05, 0.1) is 0 Å². The maximum atomic E-state index is 12.3. The Morgan fingerprint density at radius 2 is 0.903 bits per heavy atom. The number of benzene rings is 4. The molecule has 0 saturated heterocycles. The van der Waals surface area contributed by atoms with Crippen LogP contribution >= 0.6 is 0 Å². The van der Waals surface area contributed by atoms with E-state index in [2.05, 4.69) is 60.4 Å². The van der Waals surface area contributed by atoms with E-state index < -0.39 is 5.60 Å². The molecule has 0 unspecified atom stereocenters. The Morgan fingerprint density at radius 1 is 0.581 bits per heavy atom. The molecule has 0 spiro atoms. The third-order valence-corrected chi connectivity index (χ3v) is 6.04. The molecule has 0 fully saturated rings. The van der Waals surface area contributed by atoms with Gasteiger partial charge >= 0.3 is 0 Å². The van der Waals surface area contributed by atoms with Crippen molar-refractivity contribution in [2.75, 3.05) is 0 Å². The van der Waals surface area contributed by atoms with Crippen molar-refractivity contribution in [1.29, 1.82) is 0 Å². The van der Waals surface area contributed by atoms with Gasteiger partial charge in [0, 0.05) is 19.1 Å². The lowest BCUT2D eigenvalue weighted by Crippen LogP contribution is -2.49. The summed E-state index contributed by atoms with van der Waals surface area (Å²) in [5, 5.41) is 12.3. The van der Waals surface area contributed by atoms with E-state index in [1.165, 1.54) is 11.1 Å². The molecule has 0 aliphatic heterocycles. The molecular formula is C29H29NO. The van der Waals surface area contributed by atoms with Gasteiger partial charge in [0.15, 0.2) is 0 Å². The molecule has 0 aromatic heterocycles. The molecule has 2 heteroatoms. The molecule has 1 atom stereocenters. The fourth-order valence-corrected chi connectivity index (χ4v) is 4.26. The van der Waals surface area contributed by atoms with Crippen molar-refractivity contribution in [1.82, 2.24) is 4.90 Å². The van der Waals surface area contributed by atoms with E-state index >= 15 is 0 Å². The highest BCUT2D eigenvalue weighted by molar-refractivity contribution is 5.38. The van der Waals surface area contributed by atoms with Crippen LogP contribution in [0.1, 0.15) is 29.2 Å². The molecule has 0 heterocycles. The monoisotopic (exact) mass is 407 g/mol. The highest BCUT2D eigenvalue weighted by Gasteiger charge is 2.40. The van der Waals surface area contributed by atoms with Crippen LogP contribution in [0.25, 0.3) is 0 Å². The van der Waals surface area contributed by atoms with Gasteiger partial charge in [0.2, 0.25) is 0 Å². The Labute approximate surface area is 185 Å². The third-order valence-electron chi connectivity index (χ3n) is 6.04. The first-order valence-corrected chi connectivity index (χ1v) is 10.8. The van der Waals surface area contributed by atoms with E-state index in [0.717, 1.165) is 24.2 Å². The normalized spacial score (nSPS) is 12.6. The largest absolute Gasteiger partial charge is 0.379 e. The van der Waals surface area contributed by atoms with E-state index in [1.807, 2.05) is 72.8 Å². The number of nitrogens with zero attached hydrogens (tertiary/aromatic N) is 1. The summed E-state index contributed by atoms with van der Waals surface area (Å²) in [6, 6.07) is 40.8. The first kappa shape index (κ1) is 21.0. The molecule has 4 aromatic rings. The van der Waals surface area contributed by atoms with Gasteiger partial charge in [0.1, 0.15) is 5.60 Å². The van der Waals surface area contributed by atoms with Crippen molar-refractivity contribution in [2.45, 2.75) is 31.7 Å². The minimum atomic E-state index is -1.15. The number of hydrogen-bond donors (Lipinski definition) is 1. The topological polar surface area (TPSA) is 23.5 Å². The molecule has 156 valence electrons. The highest BCUT2D eigenvalue weighted by Crippen LogP contribution is 2.36. The summed E-state index contributed by atoms with van der Waals surface area (Å²) >= 11 is 0. The standard InChI is InChI=1S/C29H29NO/c1-24(29(31,27-18-10-4-11-19-27)28-20-12-5-13-21-28)30(22-25-14-6-2-7-15-25)23-26-16-8-3-9-17-26/h2-21,24,31H,22-23H2,1H3/t24-/m0/s1. The van der Waals surface area contributed by atoms with Gasteiger partial charge in [-0.1, -0.05) is 121 Å². The van der Waals surface area contributed by atoms with E-state index in [-0.39, 0.29) is 6.04 Å². The number of rotatable bonds is 8. The van der Waals surface area contributed by atoms with Gasteiger partial charge in [-0.15, -0.1) is 0 Å². The van der Waals surface area contributed by atoms with Crippen LogP contribution < -0.4 is 0 Å². The molecule has 0 amide bonds. The van der Waals surface area contributed by atoms with E-state index in [0.29, 0.717) is 0 Å². The summed E-state index contributed by atoms with van der Waals surface area (Å²) in [7, 11) is 0. The molecule has 0 radical (unpaired) electrons.